The molecule has 1 N–H and O–H groups in total. The molecule has 0 radical (unpaired) electrons. The summed E-state index contributed by atoms with van der Waals surface area (Å²) in [5.41, 5.74) is 3.50. The van der Waals surface area contributed by atoms with E-state index in [2.05, 4.69) is 42.0 Å². The fraction of sp³-hybridized carbons (Fsp3) is 0.111. The van der Waals surface area contributed by atoms with Crippen molar-refractivity contribution in [2.45, 2.75) is 5.92 Å². The summed E-state index contributed by atoms with van der Waals surface area (Å²) >= 11 is 0. The summed E-state index contributed by atoms with van der Waals surface area (Å²) in [4.78, 5) is 3.32. The van der Waals surface area contributed by atoms with Crippen LogP contribution < -0.4 is 4.74 Å². The summed E-state index contributed by atoms with van der Waals surface area (Å²) in [7, 11) is 1.70. The molecule has 1 unspecified atom stereocenters. The minimum absolute atomic E-state index is 0.113. The zero-order valence-electron chi connectivity index (χ0n) is 11.5. The quantitative estimate of drug-likeness (QED) is 0.689. The molecule has 2 heteroatoms. The second-order valence-electron chi connectivity index (χ2n) is 4.74. The van der Waals surface area contributed by atoms with E-state index in [0.717, 1.165) is 16.8 Å². The molecule has 0 saturated carbocycles. The van der Waals surface area contributed by atoms with Gasteiger partial charge in [0.15, 0.2) is 0 Å². The predicted molar refractivity (Wildman–Crippen MR) is 83.3 cm³/mol. The van der Waals surface area contributed by atoms with Gasteiger partial charge in [0.25, 0.3) is 0 Å². The van der Waals surface area contributed by atoms with E-state index < -0.39 is 0 Å². The third-order valence-electron chi connectivity index (χ3n) is 3.67. The van der Waals surface area contributed by atoms with E-state index in [0.29, 0.717) is 0 Å². The molecule has 2 aromatic carbocycles. The predicted octanol–water partition coefficient (Wildman–Crippen LogP) is 4.49. The average molecular weight is 263 g/mol. The van der Waals surface area contributed by atoms with Gasteiger partial charge in [-0.15, -0.1) is 6.58 Å². The van der Waals surface area contributed by atoms with Crippen LogP contribution in [0.3, 0.4) is 0 Å². The minimum Gasteiger partial charge on any atom is -0.496 e. The maximum atomic E-state index is 5.48. The molecule has 0 amide bonds. The minimum atomic E-state index is 0.113. The summed E-state index contributed by atoms with van der Waals surface area (Å²) in [6, 6.07) is 16.4. The van der Waals surface area contributed by atoms with Crippen LogP contribution in [0.1, 0.15) is 17.0 Å². The van der Waals surface area contributed by atoms with Gasteiger partial charge in [-0.25, -0.2) is 0 Å². The molecule has 1 atom stereocenters. The van der Waals surface area contributed by atoms with Crippen molar-refractivity contribution >= 4 is 10.9 Å². The summed E-state index contributed by atoms with van der Waals surface area (Å²) < 4.78 is 5.48. The SMILES string of the molecule is C=CC(c1ccccc1OC)c1c[nH]c2ccccc12. The van der Waals surface area contributed by atoms with Crippen LogP contribution in [0.15, 0.2) is 67.4 Å². The Balaban J connectivity index is 2.17. The molecule has 3 aromatic rings. The second kappa shape index (κ2) is 5.25. The highest BCUT2D eigenvalue weighted by molar-refractivity contribution is 5.84. The molecule has 2 nitrogen and oxygen atoms in total. The lowest BCUT2D eigenvalue weighted by Crippen LogP contribution is -1.99. The van der Waals surface area contributed by atoms with Crippen LogP contribution in [-0.4, -0.2) is 12.1 Å². The van der Waals surface area contributed by atoms with Crippen LogP contribution in [-0.2, 0) is 0 Å². The van der Waals surface area contributed by atoms with E-state index in [-0.39, 0.29) is 5.92 Å². The molecular weight excluding hydrogens is 246 g/mol. The number of allylic oxidation sites excluding steroid dienone is 1. The lowest BCUT2D eigenvalue weighted by Gasteiger charge is -2.16. The van der Waals surface area contributed by atoms with Gasteiger partial charge in [-0.3, -0.25) is 0 Å². The molecule has 1 heterocycles. The van der Waals surface area contributed by atoms with Crippen molar-refractivity contribution in [3.63, 3.8) is 0 Å². The molecule has 1 aromatic heterocycles. The average Bonchev–Trinajstić information content (AvgIpc) is 2.93. The van der Waals surface area contributed by atoms with Crippen molar-refractivity contribution in [3.05, 3.63) is 78.5 Å². The molecule has 3 rings (SSSR count). The van der Waals surface area contributed by atoms with E-state index in [9.17, 15) is 0 Å². The van der Waals surface area contributed by atoms with Crippen LogP contribution in [0.2, 0.25) is 0 Å². The van der Waals surface area contributed by atoms with Gasteiger partial charge < -0.3 is 9.72 Å². The first kappa shape index (κ1) is 12.5. The molecule has 0 saturated heterocycles. The number of benzene rings is 2. The Kier molecular flexibility index (Phi) is 3.30. The van der Waals surface area contributed by atoms with E-state index >= 15 is 0 Å². The maximum Gasteiger partial charge on any atom is 0.122 e. The third-order valence-corrected chi connectivity index (χ3v) is 3.67. The van der Waals surface area contributed by atoms with E-state index in [1.807, 2.05) is 30.3 Å². The molecule has 0 aliphatic carbocycles. The van der Waals surface area contributed by atoms with Crippen molar-refractivity contribution in [1.29, 1.82) is 0 Å². The Labute approximate surface area is 118 Å². The van der Waals surface area contributed by atoms with Gasteiger partial charge in [-0.2, -0.15) is 0 Å². The Morgan fingerprint density at radius 3 is 2.60 bits per heavy atom. The van der Waals surface area contributed by atoms with Gasteiger partial charge in [-0.1, -0.05) is 42.5 Å². The first-order chi connectivity index (χ1) is 9.85. The highest BCUT2D eigenvalue weighted by Gasteiger charge is 2.17. The Morgan fingerprint density at radius 2 is 1.80 bits per heavy atom. The van der Waals surface area contributed by atoms with Crippen molar-refractivity contribution in [2.24, 2.45) is 0 Å². The molecule has 0 aliphatic rings. The molecule has 0 aliphatic heterocycles. The Hall–Kier alpha value is -2.48. The fourth-order valence-corrected chi connectivity index (χ4v) is 2.70. The number of aromatic nitrogens is 1. The normalized spacial score (nSPS) is 12.2. The molecule has 0 spiro atoms. The first-order valence-corrected chi connectivity index (χ1v) is 6.66. The lowest BCUT2D eigenvalue weighted by atomic mass is 9.90. The number of hydrogen-bond acceptors (Lipinski definition) is 1. The summed E-state index contributed by atoms with van der Waals surface area (Å²) in [6.07, 6.45) is 4.02. The van der Waals surface area contributed by atoms with Crippen molar-refractivity contribution < 1.29 is 4.74 Å². The summed E-state index contributed by atoms with van der Waals surface area (Å²) in [5.74, 6) is 1.00. The van der Waals surface area contributed by atoms with Gasteiger partial charge in [0, 0.05) is 28.6 Å². The van der Waals surface area contributed by atoms with Crippen LogP contribution in [0.25, 0.3) is 10.9 Å². The molecule has 0 bridgehead atoms. The third kappa shape index (κ3) is 1.99. The van der Waals surface area contributed by atoms with E-state index in [1.54, 1.807) is 7.11 Å². The monoisotopic (exact) mass is 263 g/mol. The van der Waals surface area contributed by atoms with Gasteiger partial charge in [0.1, 0.15) is 5.75 Å². The van der Waals surface area contributed by atoms with E-state index in [1.165, 1.54) is 10.9 Å². The number of rotatable bonds is 4. The lowest BCUT2D eigenvalue weighted by molar-refractivity contribution is 0.409. The smallest absolute Gasteiger partial charge is 0.122 e. The largest absolute Gasteiger partial charge is 0.496 e. The highest BCUT2D eigenvalue weighted by Crippen LogP contribution is 2.35. The Morgan fingerprint density at radius 1 is 1.05 bits per heavy atom. The topological polar surface area (TPSA) is 25.0 Å². The second-order valence-corrected chi connectivity index (χ2v) is 4.74. The number of methoxy groups -OCH3 is 1. The van der Waals surface area contributed by atoms with Gasteiger partial charge in [0.2, 0.25) is 0 Å². The molecular formula is C18H17NO. The van der Waals surface area contributed by atoms with Gasteiger partial charge >= 0.3 is 0 Å². The van der Waals surface area contributed by atoms with Crippen LogP contribution in [0.4, 0.5) is 0 Å². The zero-order chi connectivity index (χ0) is 13.9. The van der Waals surface area contributed by atoms with Crippen LogP contribution >= 0.6 is 0 Å². The van der Waals surface area contributed by atoms with E-state index in [4.69, 9.17) is 4.74 Å². The number of aromatic amines is 1. The zero-order valence-corrected chi connectivity index (χ0v) is 11.5. The highest BCUT2D eigenvalue weighted by atomic mass is 16.5. The molecule has 20 heavy (non-hydrogen) atoms. The van der Waals surface area contributed by atoms with Crippen LogP contribution in [0, 0.1) is 0 Å². The number of para-hydroxylation sites is 2. The summed E-state index contributed by atoms with van der Waals surface area (Å²) in [5, 5.41) is 1.23. The first-order valence-electron chi connectivity index (χ1n) is 6.66. The van der Waals surface area contributed by atoms with Gasteiger partial charge in [0.05, 0.1) is 7.11 Å². The summed E-state index contributed by atoms with van der Waals surface area (Å²) in [6.45, 7) is 4.01. The molecule has 100 valence electrons. The number of nitrogens with one attached hydrogen (secondary N) is 1. The molecule has 0 fully saturated rings. The van der Waals surface area contributed by atoms with Crippen LogP contribution in [0.5, 0.6) is 5.75 Å². The van der Waals surface area contributed by atoms with Crippen molar-refractivity contribution in [2.75, 3.05) is 7.11 Å². The van der Waals surface area contributed by atoms with Crippen molar-refractivity contribution in [3.8, 4) is 5.75 Å². The number of fused-ring (bicyclic) bond motifs is 1. The number of hydrogen-bond donors (Lipinski definition) is 1. The number of ether oxygens (including phenoxy) is 1. The maximum absolute atomic E-state index is 5.48. The standard InChI is InChI=1S/C18H17NO/c1-3-13(15-9-5-7-11-18(15)20-2)16-12-19-17-10-6-4-8-14(16)17/h3-13,19H,1H2,2H3. The van der Waals surface area contributed by atoms with Crippen molar-refractivity contribution in [1.82, 2.24) is 4.98 Å². The number of H-pyrrole nitrogens is 1. The van der Waals surface area contributed by atoms with Gasteiger partial charge in [-0.05, 0) is 17.7 Å². The fourth-order valence-electron chi connectivity index (χ4n) is 2.70. The Bertz CT molecular complexity index is 742.